The molecular formula is C26H33F2N3O2. The van der Waals surface area contributed by atoms with Crippen molar-refractivity contribution in [2.24, 2.45) is 5.41 Å². The van der Waals surface area contributed by atoms with Gasteiger partial charge in [-0.1, -0.05) is 32.9 Å². The third kappa shape index (κ3) is 7.74. The summed E-state index contributed by atoms with van der Waals surface area (Å²) >= 11 is 0. The number of aliphatic hydroxyl groups excluding tert-OH is 2. The number of aryl methyl sites for hydroxylation is 1. The first-order chi connectivity index (χ1) is 15.6. The zero-order valence-electron chi connectivity index (χ0n) is 19.5. The maximum absolute atomic E-state index is 13.3. The van der Waals surface area contributed by atoms with Crippen LogP contribution in [0.2, 0.25) is 0 Å². The molecule has 0 radical (unpaired) electrons. The van der Waals surface area contributed by atoms with E-state index in [2.05, 4.69) is 49.3 Å². The molecule has 0 spiro atoms. The van der Waals surface area contributed by atoms with Crippen molar-refractivity contribution in [2.75, 3.05) is 6.54 Å². The highest BCUT2D eigenvalue weighted by molar-refractivity contribution is 5.44. The Morgan fingerprint density at radius 2 is 1.79 bits per heavy atom. The number of aliphatic hydroxyl groups is 2. The van der Waals surface area contributed by atoms with Crippen molar-refractivity contribution in [3.8, 4) is 5.69 Å². The molecule has 2 aromatic carbocycles. The molecule has 0 saturated carbocycles. The first-order valence-electron chi connectivity index (χ1n) is 11.2. The molecule has 0 fully saturated rings. The summed E-state index contributed by atoms with van der Waals surface area (Å²) in [4.78, 5) is 4.21. The number of benzene rings is 2. The quantitative estimate of drug-likeness (QED) is 0.424. The van der Waals surface area contributed by atoms with E-state index in [0.29, 0.717) is 37.2 Å². The van der Waals surface area contributed by atoms with Gasteiger partial charge >= 0.3 is 0 Å². The van der Waals surface area contributed by atoms with Crippen LogP contribution < -0.4 is 5.32 Å². The van der Waals surface area contributed by atoms with E-state index in [9.17, 15) is 19.0 Å². The van der Waals surface area contributed by atoms with Gasteiger partial charge < -0.3 is 20.1 Å². The van der Waals surface area contributed by atoms with E-state index >= 15 is 0 Å². The van der Waals surface area contributed by atoms with E-state index in [-0.39, 0.29) is 12.0 Å². The molecule has 33 heavy (non-hydrogen) atoms. The lowest BCUT2D eigenvalue weighted by Gasteiger charge is -2.20. The maximum atomic E-state index is 13.3. The van der Waals surface area contributed by atoms with Crippen LogP contribution in [-0.4, -0.2) is 32.4 Å². The summed E-state index contributed by atoms with van der Waals surface area (Å²) in [5, 5.41) is 23.0. The number of imidazole rings is 1. The minimum Gasteiger partial charge on any atom is -0.392 e. The zero-order chi connectivity index (χ0) is 24.0. The third-order valence-electron chi connectivity index (χ3n) is 5.34. The fraction of sp³-hybridized carbons (Fsp3) is 0.423. The molecule has 0 aliphatic rings. The summed E-state index contributed by atoms with van der Waals surface area (Å²) in [5.74, 6) is -1.21. The SMILES string of the molecule is CC(C)(C)Cc1ccc(-n2cnc(CO)c2)c(CNCC(O)CCc2cc(F)cc(F)c2)c1. The van der Waals surface area contributed by atoms with Crippen LogP contribution in [-0.2, 0) is 26.0 Å². The zero-order valence-corrected chi connectivity index (χ0v) is 19.5. The number of halogens is 2. The van der Waals surface area contributed by atoms with E-state index in [1.807, 2.05) is 4.57 Å². The molecule has 3 rings (SSSR count). The fourth-order valence-corrected chi connectivity index (χ4v) is 3.90. The van der Waals surface area contributed by atoms with Crippen LogP contribution in [0.1, 0.15) is 49.6 Å². The summed E-state index contributed by atoms with van der Waals surface area (Å²) in [5.41, 5.74) is 4.51. The summed E-state index contributed by atoms with van der Waals surface area (Å²) in [6.07, 6.45) is 4.55. The third-order valence-corrected chi connectivity index (χ3v) is 5.34. The lowest BCUT2D eigenvalue weighted by Crippen LogP contribution is -2.27. The molecule has 1 heterocycles. The Morgan fingerprint density at radius 3 is 2.42 bits per heavy atom. The van der Waals surface area contributed by atoms with E-state index in [4.69, 9.17) is 0 Å². The highest BCUT2D eigenvalue weighted by Gasteiger charge is 2.14. The second-order valence-electron chi connectivity index (χ2n) is 9.73. The predicted octanol–water partition coefficient (Wildman–Crippen LogP) is 4.31. The molecule has 0 amide bonds. The summed E-state index contributed by atoms with van der Waals surface area (Å²) in [7, 11) is 0. The Labute approximate surface area is 194 Å². The standard InChI is InChI=1S/C26H33F2N3O2/c1-26(2,3)12-19-5-7-25(31-15-23(16-32)30-17-31)20(8-19)13-29-14-24(33)6-4-18-9-21(27)11-22(28)10-18/h5,7-11,15,17,24,29,32-33H,4,6,12-14,16H2,1-3H3. The molecule has 1 unspecified atom stereocenters. The number of nitrogens with one attached hydrogen (secondary N) is 1. The first-order valence-corrected chi connectivity index (χ1v) is 11.2. The lowest BCUT2D eigenvalue weighted by atomic mass is 9.87. The second kappa shape index (κ2) is 11.0. The molecule has 5 nitrogen and oxygen atoms in total. The van der Waals surface area contributed by atoms with Crippen molar-refractivity contribution < 1.29 is 19.0 Å². The summed E-state index contributed by atoms with van der Waals surface area (Å²) < 4.78 is 28.6. The Bertz CT molecular complexity index is 1040. The molecule has 0 aliphatic carbocycles. The van der Waals surface area contributed by atoms with Crippen LogP contribution in [0, 0.1) is 17.0 Å². The molecule has 7 heteroatoms. The van der Waals surface area contributed by atoms with E-state index < -0.39 is 17.7 Å². The average molecular weight is 458 g/mol. The fourth-order valence-electron chi connectivity index (χ4n) is 3.90. The van der Waals surface area contributed by atoms with Crippen molar-refractivity contribution in [1.82, 2.24) is 14.9 Å². The minimum absolute atomic E-state index is 0.121. The van der Waals surface area contributed by atoms with Crippen molar-refractivity contribution in [1.29, 1.82) is 0 Å². The number of hydrogen-bond acceptors (Lipinski definition) is 4. The van der Waals surface area contributed by atoms with Gasteiger partial charge in [0.25, 0.3) is 0 Å². The molecule has 0 saturated heterocycles. The Morgan fingerprint density at radius 1 is 1.06 bits per heavy atom. The normalized spacial score (nSPS) is 12.8. The van der Waals surface area contributed by atoms with Crippen LogP contribution in [0.15, 0.2) is 48.9 Å². The maximum Gasteiger partial charge on any atom is 0.126 e. The van der Waals surface area contributed by atoms with E-state index in [0.717, 1.165) is 23.7 Å². The first kappa shape index (κ1) is 25.0. The number of hydrogen-bond donors (Lipinski definition) is 3. The molecule has 178 valence electrons. The van der Waals surface area contributed by atoms with Crippen LogP contribution >= 0.6 is 0 Å². The monoisotopic (exact) mass is 457 g/mol. The smallest absolute Gasteiger partial charge is 0.126 e. The lowest BCUT2D eigenvalue weighted by molar-refractivity contribution is 0.161. The molecule has 0 bridgehead atoms. The largest absolute Gasteiger partial charge is 0.392 e. The molecule has 3 N–H and O–H groups in total. The van der Waals surface area contributed by atoms with Crippen LogP contribution in [0.5, 0.6) is 0 Å². The summed E-state index contributed by atoms with van der Waals surface area (Å²) in [6.45, 7) is 7.36. The van der Waals surface area contributed by atoms with Gasteiger partial charge in [-0.05, 0) is 59.6 Å². The predicted molar refractivity (Wildman–Crippen MR) is 125 cm³/mol. The number of aromatic nitrogens is 2. The average Bonchev–Trinajstić information content (AvgIpc) is 3.20. The van der Waals surface area contributed by atoms with Gasteiger partial charge in [0.05, 0.1) is 30.4 Å². The van der Waals surface area contributed by atoms with Crippen LogP contribution in [0.25, 0.3) is 5.69 Å². The molecule has 0 aliphatic heterocycles. The Balaban J connectivity index is 1.65. The van der Waals surface area contributed by atoms with Crippen molar-refractivity contribution in [3.05, 3.63) is 82.9 Å². The molecule has 1 aromatic heterocycles. The Hall–Kier alpha value is -2.61. The topological polar surface area (TPSA) is 70.3 Å². The Kier molecular flexibility index (Phi) is 8.35. The highest BCUT2D eigenvalue weighted by atomic mass is 19.1. The number of nitrogens with zero attached hydrogens (tertiary/aromatic N) is 2. The van der Waals surface area contributed by atoms with Gasteiger partial charge in [-0.15, -0.1) is 0 Å². The van der Waals surface area contributed by atoms with Gasteiger partial charge in [-0.3, -0.25) is 0 Å². The van der Waals surface area contributed by atoms with Crippen LogP contribution in [0.4, 0.5) is 8.78 Å². The van der Waals surface area contributed by atoms with E-state index in [1.54, 1.807) is 12.5 Å². The van der Waals surface area contributed by atoms with Gasteiger partial charge in [0.1, 0.15) is 11.6 Å². The van der Waals surface area contributed by atoms with Crippen molar-refractivity contribution >= 4 is 0 Å². The highest BCUT2D eigenvalue weighted by Crippen LogP contribution is 2.24. The van der Waals surface area contributed by atoms with Gasteiger partial charge in [0.15, 0.2) is 0 Å². The second-order valence-corrected chi connectivity index (χ2v) is 9.73. The number of rotatable bonds is 10. The minimum atomic E-state index is -0.647. The van der Waals surface area contributed by atoms with Crippen LogP contribution in [0.3, 0.4) is 0 Å². The van der Waals surface area contributed by atoms with Gasteiger partial charge in [0.2, 0.25) is 0 Å². The van der Waals surface area contributed by atoms with Gasteiger partial charge in [0, 0.05) is 25.4 Å². The summed E-state index contributed by atoms with van der Waals surface area (Å²) in [6, 6.07) is 9.75. The molecule has 1 atom stereocenters. The van der Waals surface area contributed by atoms with E-state index in [1.165, 1.54) is 17.7 Å². The van der Waals surface area contributed by atoms with Gasteiger partial charge in [-0.25, -0.2) is 13.8 Å². The van der Waals surface area contributed by atoms with Crippen molar-refractivity contribution in [3.63, 3.8) is 0 Å². The molecular weight excluding hydrogens is 424 g/mol. The molecule has 3 aromatic rings. The van der Waals surface area contributed by atoms with Gasteiger partial charge in [-0.2, -0.15) is 0 Å². The van der Waals surface area contributed by atoms with Crippen molar-refractivity contribution in [2.45, 2.75) is 59.3 Å².